The first-order valence-electron chi connectivity index (χ1n) is 9.33. The van der Waals surface area contributed by atoms with Crippen LogP contribution in [0.3, 0.4) is 0 Å². The standard InChI is InChI=1S/C13H22N2O3.C10H14/c1-2-3-4-13(11-14)12-15-5-7-17-9-10-18-8-6-16;1-5-7-8-10(6-2)9(3)4/h2,4,15-16H,1,3,5-10,12H2;5-8H,1-2H2,3-4H3/b13-4+;8-7-. The van der Waals surface area contributed by atoms with E-state index in [0.717, 1.165) is 0 Å². The van der Waals surface area contributed by atoms with Crippen LogP contribution >= 0.6 is 0 Å². The van der Waals surface area contributed by atoms with Crippen molar-refractivity contribution in [2.45, 2.75) is 20.3 Å². The molecule has 0 aromatic heterocycles. The van der Waals surface area contributed by atoms with Gasteiger partial charge in [-0.05, 0) is 25.8 Å². The Hall–Kier alpha value is -2.23. The largest absolute Gasteiger partial charge is 0.394 e. The van der Waals surface area contributed by atoms with Crippen molar-refractivity contribution in [2.75, 3.05) is 46.1 Å². The predicted octanol–water partition coefficient (Wildman–Crippen LogP) is 3.88. The lowest BCUT2D eigenvalue weighted by Crippen LogP contribution is -2.22. The predicted molar refractivity (Wildman–Crippen MR) is 118 cm³/mol. The minimum Gasteiger partial charge on any atom is -0.394 e. The monoisotopic (exact) mass is 388 g/mol. The Bertz CT molecular complexity index is 551. The van der Waals surface area contributed by atoms with Crippen LogP contribution in [0.2, 0.25) is 0 Å². The summed E-state index contributed by atoms with van der Waals surface area (Å²) in [7, 11) is 0. The molecule has 0 aromatic rings. The second kappa shape index (κ2) is 22.8. The van der Waals surface area contributed by atoms with Gasteiger partial charge in [0.15, 0.2) is 0 Å². The van der Waals surface area contributed by atoms with Gasteiger partial charge in [0.25, 0.3) is 0 Å². The molecule has 0 rings (SSSR count). The Morgan fingerprint density at radius 1 is 1.11 bits per heavy atom. The Labute approximate surface area is 171 Å². The summed E-state index contributed by atoms with van der Waals surface area (Å²) in [6, 6.07) is 2.13. The highest BCUT2D eigenvalue weighted by molar-refractivity contribution is 5.34. The normalized spacial score (nSPS) is 10.6. The van der Waals surface area contributed by atoms with Gasteiger partial charge in [-0.1, -0.05) is 55.2 Å². The van der Waals surface area contributed by atoms with Crippen LogP contribution in [0, 0.1) is 11.3 Å². The van der Waals surface area contributed by atoms with Crippen molar-refractivity contribution in [3.63, 3.8) is 0 Å². The molecule has 0 radical (unpaired) electrons. The fourth-order valence-corrected chi connectivity index (χ4v) is 1.75. The number of hydrogen-bond donors (Lipinski definition) is 2. The van der Waals surface area contributed by atoms with Crippen LogP contribution in [-0.2, 0) is 9.47 Å². The highest BCUT2D eigenvalue weighted by atomic mass is 16.5. The third-order valence-corrected chi connectivity index (χ3v) is 3.23. The van der Waals surface area contributed by atoms with Gasteiger partial charge >= 0.3 is 0 Å². The molecule has 0 unspecified atom stereocenters. The smallest absolute Gasteiger partial charge is 0.0957 e. The number of hydrogen-bond acceptors (Lipinski definition) is 5. The zero-order valence-electron chi connectivity index (χ0n) is 17.5. The molecule has 5 heteroatoms. The molecule has 0 aromatic carbocycles. The molecule has 28 heavy (non-hydrogen) atoms. The molecule has 0 aliphatic carbocycles. The zero-order chi connectivity index (χ0) is 21.5. The van der Waals surface area contributed by atoms with Crippen LogP contribution in [0.15, 0.2) is 72.9 Å². The van der Waals surface area contributed by atoms with Gasteiger partial charge in [0.05, 0.1) is 39.1 Å². The van der Waals surface area contributed by atoms with Crippen LogP contribution < -0.4 is 5.32 Å². The maximum Gasteiger partial charge on any atom is 0.0957 e. The van der Waals surface area contributed by atoms with Gasteiger partial charge in [-0.3, -0.25) is 0 Å². The molecule has 0 amide bonds. The van der Waals surface area contributed by atoms with Crippen molar-refractivity contribution in [3.05, 3.63) is 72.9 Å². The Morgan fingerprint density at radius 2 is 1.79 bits per heavy atom. The lowest BCUT2D eigenvalue weighted by atomic mass is 10.1. The number of nitriles is 1. The lowest BCUT2D eigenvalue weighted by Gasteiger charge is -2.06. The van der Waals surface area contributed by atoms with Crippen LogP contribution in [0.1, 0.15) is 20.3 Å². The number of nitrogens with zero attached hydrogens (tertiary/aromatic N) is 1. The van der Waals surface area contributed by atoms with Gasteiger partial charge < -0.3 is 19.9 Å². The maximum atomic E-state index is 8.82. The Balaban J connectivity index is 0. The van der Waals surface area contributed by atoms with Crippen molar-refractivity contribution in [2.24, 2.45) is 0 Å². The first-order valence-corrected chi connectivity index (χ1v) is 9.33. The molecule has 0 aliphatic heterocycles. The fraction of sp³-hybridized carbons (Fsp3) is 0.435. The molecule has 0 atom stereocenters. The summed E-state index contributed by atoms with van der Waals surface area (Å²) in [6.45, 7) is 18.2. The second-order valence-electron chi connectivity index (χ2n) is 5.74. The fourth-order valence-electron chi connectivity index (χ4n) is 1.75. The third kappa shape index (κ3) is 20.1. The number of aliphatic hydroxyl groups excluding tert-OH is 1. The minimum absolute atomic E-state index is 0.0372. The van der Waals surface area contributed by atoms with Crippen molar-refractivity contribution in [3.8, 4) is 6.07 Å². The van der Waals surface area contributed by atoms with Gasteiger partial charge in [0.2, 0.25) is 0 Å². The van der Waals surface area contributed by atoms with Crippen molar-refractivity contribution in [1.29, 1.82) is 5.26 Å². The van der Waals surface area contributed by atoms with E-state index in [1.807, 2.05) is 24.3 Å². The Kier molecular flexibility index (Phi) is 22.8. The molecule has 156 valence electrons. The van der Waals surface area contributed by atoms with Gasteiger partial charge in [0, 0.05) is 18.7 Å². The molecular weight excluding hydrogens is 352 g/mol. The van der Waals surface area contributed by atoms with E-state index in [9.17, 15) is 0 Å². The molecule has 2 N–H and O–H groups in total. The van der Waals surface area contributed by atoms with Crippen LogP contribution in [-0.4, -0.2) is 51.2 Å². The van der Waals surface area contributed by atoms with Gasteiger partial charge in [-0.2, -0.15) is 5.26 Å². The van der Waals surface area contributed by atoms with Crippen molar-refractivity contribution < 1.29 is 14.6 Å². The lowest BCUT2D eigenvalue weighted by molar-refractivity contribution is 0.0342. The molecule has 0 saturated heterocycles. The second-order valence-corrected chi connectivity index (χ2v) is 5.74. The van der Waals surface area contributed by atoms with Crippen LogP contribution in [0.4, 0.5) is 0 Å². The van der Waals surface area contributed by atoms with E-state index in [0.29, 0.717) is 51.5 Å². The summed E-state index contributed by atoms with van der Waals surface area (Å²) in [5.74, 6) is 0. The number of rotatable bonds is 15. The van der Waals surface area contributed by atoms with Gasteiger partial charge in [-0.15, -0.1) is 6.58 Å². The Morgan fingerprint density at radius 3 is 2.29 bits per heavy atom. The summed E-state index contributed by atoms with van der Waals surface area (Å²) < 4.78 is 10.3. The summed E-state index contributed by atoms with van der Waals surface area (Å²) in [4.78, 5) is 0. The highest BCUT2D eigenvalue weighted by Gasteiger charge is 1.94. The molecule has 0 spiro atoms. The van der Waals surface area contributed by atoms with Crippen LogP contribution in [0.5, 0.6) is 0 Å². The summed E-state index contributed by atoms with van der Waals surface area (Å²) in [5.41, 5.74) is 3.15. The van der Waals surface area contributed by atoms with Crippen molar-refractivity contribution >= 4 is 0 Å². The minimum atomic E-state index is 0.0372. The van der Waals surface area contributed by atoms with Crippen LogP contribution in [0.25, 0.3) is 0 Å². The highest BCUT2D eigenvalue weighted by Crippen LogP contribution is 2.05. The van der Waals surface area contributed by atoms with Gasteiger partial charge in [0.1, 0.15) is 0 Å². The van der Waals surface area contributed by atoms with E-state index in [-0.39, 0.29) is 6.61 Å². The van der Waals surface area contributed by atoms with E-state index >= 15 is 0 Å². The average molecular weight is 389 g/mol. The van der Waals surface area contributed by atoms with E-state index in [1.165, 1.54) is 11.1 Å². The van der Waals surface area contributed by atoms with Crippen molar-refractivity contribution in [1.82, 2.24) is 5.32 Å². The zero-order valence-corrected chi connectivity index (χ0v) is 17.5. The summed E-state index contributed by atoms with van der Waals surface area (Å²) in [5, 5.41) is 20.4. The first-order chi connectivity index (χ1) is 13.6. The molecule has 0 fully saturated rings. The quantitative estimate of drug-likeness (QED) is 0.193. The third-order valence-electron chi connectivity index (χ3n) is 3.23. The first kappa shape index (κ1) is 28.0. The molecule has 5 nitrogen and oxygen atoms in total. The average Bonchev–Trinajstić information content (AvgIpc) is 2.70. The van der Waals surface area contributed by atoms with Gasteiger partial charge in [-0.25, -0.2) is 0 Å². The SMILES string of the molecule is C=C/C=C\C(C=C)=C(C)C.C=CC/C=C(\C#N)CNCCOCCOCCO. The molecule has 0 bridgehead atoms. The molecule has 0 aliphatic rings. The number of nitrogens with one attached hydrogen (secondary N) is 1. The number of aliphatic hydroxyl groups is 1. The summed E-state index contributed by atoms with van der Waals surface area (Å²) in [6.07, 6.45) is 11.8. The summed E-state index contributed by atoms with van der Waals surface area (Å²) >= 11 is 0. The maximum absolute atomic E-state index is 8.82. The molecule has 0 saturated carbocycles. The van der Waals surface area contributed by atoms with E-state index in [2.05, 4.69) is 45.0 Å². The van der Waals surface area contributed by atoms with E-state index in [4.69, 9.17) is 19.8 Å². The van der Waals surface area contributed by atoms with E-state index < -0.39 is 0 Å². The number of allylic oxidation sites excluding steroid dienone is 8. The molecular formula is C23H36N2O3. The number of ether oxygens (including phenoxy) is 2. The van der Waals surface area contributed by atoms with E-state index in [1.54, 1.807) is 12.2 Å². The topological polar surface area (TPSA) is 74.5 Å². The molecule has 0 heterocycles.